The van der Waals surface area contributed by atoms with E-state index < -0.39 is 22.2 Å². The fraction of sp³-hybridized carbons (Fsp3) is 0.333. The number of halogens is 2. The number of rotatable bonds is 5. The van der Waals surface area contributed by atoms with Crippen molar-refractivity contribution in [3.05, 3.63) is 33.9 Å². The normalized spacial score (nSPS) is 10.2. The molecule has 0 bridgehead atoms. The van der Waals surface area contributed by atoms with Crippen molar-refractivity contribution in [1.29, 1.82) is 0 Å². The second-order valence-electron chi connectivity index (χ2n) is 2.96. The molecule has 0 radical (unpaired) electrons. The fourth-order valence-corrected chi connectivity index (χ4v) is 1.11. The molecular formula is C9H10F2N2O3. The Balaban J connectivity index is 2.89. The lowest BCUT2D eigenvalue weighted by atomic mass is 10.2. The Morgan fingerprint density at radius 3 is 2.44 bits per heavy atom. The molecule has 0 aliphatic rings. The van der Waals surface area contributed by atoms with E-state index in [-0.39, 0.29) is 18.8 Å². The van der Waals surface area contributed by atoms with Gasteiger partial charge in [0.15, 0.2) is 11.6 Å². The molecule has 0 fully saturated rings. The van der Waals surface area contributed by atoms with E-state index in [1.54, 1.807) is 0 Å². The maximum Gasteiger partial charge on any atom is 0.275 e. The van der Waals surface area contributed by atoms with E-state index in [4.69, 9.17) is 0 Å². The summed E-state index contributed by atoms with van der Waals surface area (Å²) in [6, 6.07) is 1.33. The number of nitrogens with zero attached hydrogens (tertiary/aromatic N) is 1. The van der Waals surface area contributed by atoms with Gasteiger partial charge >= 0.3 is 0 Å². The van der Waals surface area contributed by atoms with Crippen LogP contribution in [0.15, 0.2) is 12.1 Å². The Morgan fingerprint density at radius 1 is 1.44 bits per heavy atom. The van der Waals surface area contributed by atoms with Gasteiger partial charge in [0.1, 0.15) is 5.69 Å². The van der Waals surface area contributed by atoms with Crippen molar-refractivity contribution >= 4 is 11.4 Å². The van der Waals surface area contributed by atoms with Gasteiger partial charge in [0.25, 0.3) is 5.69 Å². The van der Waals surface area contributed by atoms with Crippen LogP contribution in [0.3, 0.4) is 0 Å². The van der Waals surface area contributed by atoms with Gasteiger partial charge in [-0.15, -0.1) is 0 Å². The Kier molecular flexibility index (Phi) is 4.12. The zero-order valence-corrected chi connectivity index (χ0v) is 8.50. The fourth-order valence-electron chi connectivity index (χ4n) is 1.11. The van der Waals surface area contributed by atoms with Gasteiger partial charge in [-0.3, -0.25) is 10.1 Å². The van der Waals surface area contributed by atoms with Crippen molar-refractivity contribution in [3.63, 3.8) is 0 Å². The number of ether oxygens (including phenoxy) is 1. The molecule has 0 saturated heterocycles. The van der Waals surface area contributed by atoms with Crippen LogP contribution < -0.4 is 5.32 Å². The highest BCUT2D eigenvalue weighted by atomic mass is 19.1. The first-order valence-corrected chi connectivity index (χ1v) is 4.42. The molecule has 0 aliphatic heterocycles. The molecule has 0 amide bonds. The van der Waals surface area contributed by atoms with Gasteiger partial charge in [0.2, 0.25) is 0 Å². The second-order valence-corrected chi connectivity index (χ2v) is 2.96. The minimum Gasteiger partial charge on any atom is -0.383 e. The molecule has 0 spiro atoms. The number of non-ortho nitro benzene ring substituents is 1. The number of hydrogen-bond donors (Lipinski definition) is 1. The van der Waals surface area contributed by atoms with Crippen LogP contribution in [0, 0.1) is 21.7 Å². The molecule has 16 heavy (non-hydrogen) atoms. The van der Waals surface area contributed by atoms with Gasteiger partial charge in [-0.2, -0.15) is 0 Å². The van der Waals surface area contributed by atoms with Crippen molar-refractivity contribution in [2.24, 2.45) is 0 Å². The molecule has 5 nitrogen and oxygen atoms in total. The van der Waals surface area contributed by atoms with E-state index >= 15 is 0 Å². The van der Waals surface area contributed by atoms with Crippen LogP contribution in [-0.2, 0) is 4.74 Å². The number of benzene rings is 1. The maximum atomic E-state index is 13.3. The van der Waals surface area contributed by atoms with Crippen LogP contribution in [0.5, 0.6) is 0 Å². The average Bonchev–Trinajstić information content (AvgIpc) is 2.21. The molecule has 0 heterocycles. The summed E-state index contributed by atoms with van der Waals surface area (Å²) < 4.78 is 31.2. The van der Waals surface area contributed by atoms with Crippen LogP contribution in [0.1, 0.15) is 0 Å². The summed E-state index contributed by atoms with van der Waals surface area (Å²) in [5.74, 6) is -1.99. The van der Waals surface area contributed by atoms with E-state index in [1.807, 2.05) is 0 Å². The summed E-state index contributed by atoms with van der Waals surface area (Å²) in [6.45, 7) is 0.484. The number of nitrogens with one attached hydrogen (secondary N) is 1. The molecule has 1 aromatic rings. The molecule has 88 valence electrons. The van der Waals surface area contributed by atoms with Crippen LogP contribution in [0.4, 0.5) is 20.2 Å². The van der Waals surface area contributed by atoms with Crippen molar-refractivity contribution in [3.8, 4) is 0 Å². The van der Waals surface area contributed by atoms with Crippen LogP contribution in [-0.4, -0.2) is 25.2 Å². The zero-order valence-electron chi connectivity index (χ0n) is 8.50. The SMILES string of the molecule is COCCNc1c(F)cc([N+](=O)[O-])cc1F. The minimum absolute atomic E-state index is 0.210. The van der Waals surface area contributed by atoms with Gasteiger partial charge in [-0.05, 0) is 0 Å². The van der Waals surface area contributed by atoms with Crippen molar-refractivity contribution in [1.82, 2.24) is 0 Å². The summed E-state index contributed by atoms with van der Waals surface area (Å²) in [5, 5.41) is 12.8. The number of methoxy groups -OCH3 is 1. The number of nitro groups is 1. The van der Waals surface area contributed by atoms with Crippen LogP contribution in [0.2, 0.25) is 0 Å². The van der Waals surface area contributed by atoms with E-state index in [2.05, 4.69) is 10.1 Å². The molecule has 7 heteroatoms. The van der Waals surface area contributed by atoms with E-state index in [9.17, 15) is 18.9 Å². The third-order valence-corrected chi connectivity index (χ3v) is 1.85. The molecule has 0 atom stereocenters. The molecule has 1 rings (SSSR count). The molecule has 0 unspecified atom stereocenters. The average molecular weight is 232 g/mol. The van der Waals surface area contributed by atoms with Gasteiger partial charge < -0.3 is 10.1 Å². The van der Waals surface area contributed by atoms with E-state index in [0.717, 1.165) is 0 Å². The lowest BCUT2D eigenvalue weighted by Gasteiger charge is -2.07. The lowest BCUT2D eigenvalue weighted by Crippen LogP contribution is -2.10. The summed E-state index contributed by atoms with van der Waals surface area (Å²) in [6.07, 6.45) is 0. The van der Waals surface area contributed by atoms with E-state index in [0.29, 0.717) is 12.1 Å². The Hall–Kier alpha value is -1.76. The van der Waals surface area contributed by atoms with Crippen molar-refractivity contribution in [2.45, 2.75) is 0 Å². The topological polar surface area (TPSA) is 64.4 Å². The Morgan fingerprint density at radius 2 is 2.00 bits per heavy atom. The van der Waals surface area contributed by atoms with Gasteiger partial charge in [-0.1, -0.05) is 0 Å². The van der Waals surface area contributed by atoms with Crippen LogP contribution >= 0.6 is 0 Å². The second kappa shape index (κ2) is 5.36. The lowest BCUT2D eigenvalue weighted by molar-refractivity contribution is -0.385. The zero-order chi connectivity index (χ0) is 12.1. The molecule has 0 aromatic heterocycles. The van der Waals surface area contributed by atoms with Crippen molar-refractivity contribution in [2.75, 3.05) is 25.6 Å². The van der Waals surface area contributed by atoms with Crippen molar-refractivity contribution < 1.29 is 18.4 Å². The highest BCUT2D eigenvalue weighted by Crippen LogP contribution is 2.24. The number of anilines is 1. The van der Waals surface area contributed by atoms with Gasteiger partial charge in [0.05, 0.1) is 23.7 Å². The van der Waals surface area contributed by atoms with Gasteiger partial charge in [0, 0.05) is 13.7 Å². The molecular weight excluding hydrogens is 222 g/mol. The number of hydrogen-bond acceptors (Lipinski definition) is 4. The third kappa shape index (κ3) is 2.86. The molecule has 1 N–H and O–H groups in total. The summed E-state index contributed by atoms with van der Waals surface area (Å²) in [4.78, 5) is 9.45. The summed E-state index contributed by atoms with van der Waals surface area (Å²) in [7, 11) is 1.45. The smallest absolute Gasteiger partial charge is 0.275 e. The first-order valence-electron chi connectivity index (χ1n) is 4.42. The Labute approximate surface area is 90.2 Å². The van der Waals surface area contributed by atoms with Crippen LogP contribution in [0.25, 0.3) is 0 Å². The highest BCUT2D eigenvalue weighted by molar-refractivity contribution is 5.51. The number of nitro benzene ring substituents is 1. The molecule has 0 saturated carbocycles. The maximum absolute atomic E-state index is 13.3. The summed E-state index contributed by atoms with van der Waals surface area (Å²) >= 11 is 0. The summed E-state index contributed by atoms with van der Waals surface area (Å²) in [5.41, 5.74) is -1.00. The Bertz CT molecular complexity index is 375. The van der Waals surface area contributed by atoms with E-state index in [1.165, 1.54) is 7.11 Å². The first kappa shape index (κ1) is 12.3. The monoisotopic (exact) mass is 232 g/mol. The standard InChI is InChI=1S/C9H10F2N2O3/c1-16-3-2-12-9-7(10)4-6(13(14)15)5-8(9)11/h4-5,12H,2-3H2,1H3. The van der Waals surface area contributed by atoms with Gasteiger partial charge in [-0.25, -0.2) is 8.78 Å². The highest BCUT2D eigenvalue weighted by Gasteiger charge is 2.16. The predicted molar refractivity (Wildman–Crippen MR) is 53.4 cm³/mol. The molecule has 0 aliphatic carbocycles. The predicted octanol–water partition coefficient (Wildman–Crippen LogP) is 1.93. The third-order valence-electron chi connectivity index (χ3n) is 1.85. The first-order chi connectivity index (χ1) is 7.56. The minimum atomic E-state index is -0.997. The molecule has 1 aromatic carbocycles. The largest absolute Gasteiger partial charge is 0.383 e. The quantitative estimate of drug-likeness (QED) is 0.478.